The van der Waals surface area contributed by atoms with Gasteiger partial charge in [0.25, 0.3) is 0 Å². The molecule has 0 unspecified atom stereocenters. The molecule has 0 aromatic carbocycles. The summed E-state index contributed by atoms with van der Waals surface area (Å²) in [6.45, 7) is 16.8. The third-order valence-corrected chi connectivity index (χ3v) is 0. The van der Waals surface area contributed by atoms with Gasteiger partial charge in [0.1, 0.15) is 0 Å². The zero-order chi connectivity index (χ0) is 13.7. The zero-order valence-electron chi connectivity index (χ0n) is 13.6. The summed E-state index contributed by atoms with van der Waals surface area (Å²) in [6, 6.07) is 0. The monoisotopic (exact) mass is 221 g/mol. The second-order valence-electron chi connectivity index (χ2n) is 3.46. The quantitative estimate of drug-likeness (QED) is 0.525. The molecule has 0 atom stereocenters. The minimum absolute atomic E-state index is 1.25. The maximum atomic E-state index is 2.12. The van der Waals surface area contributed by atoms with Gasteiger partial charge in [-0.15, -0.1) is 0 Å². The minimum Gasteiger partial charge on any atom is -0.312 e. The van der Waals surface area contributed by atoms with Gasteiger partial charge in [-0.2, -0.15) is 0 Å². The van der Waals surface area contributed by atoms with Gasteiger partial charge in [0.05, 0.1) is 0 Å². The Labute approximate surface area is 101 Å². The molecule has 0 aliphatic heterocycles. The predicted octanol–water partition coefficient (Wildman–Crippen LogP) is 5.45. The van der Waals surface area contributed by atoms with Gasteiger partial charge in [-0.1, -0.05) is 74.7 Å². The predicted molar refractivity (Wildman–Crippen MR) is 78.9 cm³/mol. The molecule has 0 radical (unpaired) electrons. The first kappa shape index (κ1) is 29.4. The van der Waals surface area contributed by atoms with E-state index in [0.29, 0.717) is 0 Å². The minimum atomic E-state index is 1.25. The van der Waals surface area contributed by atoms with Crippen molar-refractivity contribution in [3.63, 3.8) is 0 Å². The van der Waals surface area contributed by atoms with Crippen LogP contribution in [0.25, 0.3) is 0 Å². The third kappa shape index (κ3) is 1250000. The van der Waals surface area contributed by atoms with E-state index in [-0.39, 0.29) is 0 Å². The van der Waals surface area contributed by atoms with Crippen LogP contribution in [0.5, 0.6) is 0 Å². The van der Waals surface area contributed by atoms with E-state index >= 15 is 0 Å². The highest BCUT2D eigenvalue weighted by Crippen LogP contribution is 1.57. The van der Waals surface area contributed by atoms with E-state index in [0.717, 1.165) is 0 Å². The van der Waals surface area contributed by atoms with Gasteiger partial charge in [-0.3, -0.25) is 0 Å². The first-order chi connectivity index (χ1) is 6.97. The number of rotatable bonds is 0. The standard InChI is InChI=1S/C3H9N.3C3H8.C2H6/c1-4(2)3;3*1-3-2;1-2/h1-3H3;3*3H2,1-2H3;1-2H3. The molecule has 0 aromatic heterocycles. The van der Waals surface area contributed by atoms with Crippen LogP contribution in [0.15, 0.2) is 0 Å². The lowest BCUT2D eigenvalue weighted by Gasteiger charge is -1.90. The molecule has 100 valence electrons. The molecule has 15 heavy (non-hydrogen) atoms. The van der Waals surface area contributed by atoms with Gasteiger partial charge in [-0.05, 0) is 21.1 Å². The second kappa shape index (κ2) is 66.0. The van der Waals surface area contributed by atoms with E-state index in [1.165, 1.54) is 19.3 Å². The summed E-state index contributed by atoms with van der Waals surface area (Å²) in [7, 11) is 6.00. The molecule has 0 aromatic rings. The molecule has 0 bridgehead atoms. The summed E-state index contributed by atoms with van der Waals surface area (Å²) in [5, 5.41) is 0. The molecule has 0 amide bonds. The van der Waals surface area contributed by atoms with Gasteiger partial charge in [0, 0.05) is 0 Å². The Kier molecular flexibility index (Phi) is 129. The van der Waals surface area contributed by atoms with E-state index in [4.69, 9.17) is 0 Å². The van der Waals surface area contributed by atoms with Crippen LogP contribution in [0, 0.1) is 0 Å². The molecule has 0 saturated heterocycles. The molecular formula is C14H39N. The Balaban J connectivity index is -0.0000000283. The molecule has 0 rings (SSSR count). The van der Waals surface area contributed by atoms with Crippen LogP contribution in [0.3, 0.4) is 0 Å². The van der Waals surface area contributed by atoms with Crippen molar-refractivity contribution >= 4 is 0 Å². The lowest BCUT2D eigenvalue weighted by Crippen LogP contribution is -1.99. The first-order valence-electron chi connectivity index (χ1n) is 6.58. The van der Waals surface area contributed by atoms with Crippen molar-refractivity contribution in [2.75, 3.05) is 21.1 Å². The molecular weight excluding hydrogens is 182 g/mol. The van der Waals surface area contributed by atoms with Crippen LogP contribution in [-0.2, 0) is 0 Å². The largest absolute Gasteiger partial charge is 0.312 e. The Hall–Kier alpha value is -0.0400. The lowest BCUT2D eigenvalue weighted by molar-refractivity contribution is 0.505. The Morgan fingerprint density at radius 3 is 0.533 bits per heavy atom. The summed E-state index contributed by atoms with van der Waals surface area (Å²) in [4.78, 5) is 2.00. The SMILES string of the molecule is CC.CCC.CCC.CCC.CN(C)C. The number of hydrogen-bond donors (Lipinski definition) is 0. The molecule has 0 spiro atoms. The second-order valence-corrected chi connectivity index (χ2v) is 3.46. The topological polar surface area (TPSA) is 3.24 Å². The van der Waals surface area contributed by atoms with Crippen molar-refractivity contribution in [3.05, 3.63) is 0 Å². The fourth-order valence-electron chi connectivity index (χ4n) is 0. The molecule has 1 nitrogen and oxygen atoms in total. The lowest BCUT2D eigenvalue weighted by atomic mass is 10.6. The molecule has 0 N–H and O–H groups in total. The summed E-state index contributed by atoms with van der Waals surface area (Å²) in [5.41, 5.74) is 0. The average Bonchev–Trinajstić information content (AvgIpc) is 2.09. The van der Waals surface area contributed by atoms with Crippen LogP contribution >= 0.6 is 0 Å². The Bertz CT molecular complexity index is 26.8. The van der Waals surface area contributed by atoms with Crippen LogP contribution in [0.2, 0.25) is 0 Å². The number of nitrogens with zero attached hydrogens (tertiary/aromatic N) is 1. The smallest absolute Gasteiger partial charge is 0.0140 e. The first-order valence-corrected chi connectivity index (χ1v) is 6.58. The summed E-state index contributed by atoms with van der Waals surface area (Å²) < 4.78 is 0. The van der Waals surface area contributed by atoms with Crippen LogP contribution in [-0.4, -0.2) is 26.0 Å². The van der Waals surface area contributed by atoms with Crippen molar-refractivity contribution in [2.45, 2.75) is 74.7 Å². The van der Waals surface area contributed by atoms with E-state index in [2.05, 4.69) is 41.5 Å². The fourth-order valence-corrected chi connectivity index (χ4v) is 0. The molecule has 0 aliphatic carbocycles. The molecule has 0 heterocycles. The van der Waals surface area contributed by atoms with Crippen LogP contribution < -0.4 is 0 Å². The normalized spacial score (nSPS) is 6.40. The molecule has 0 fully saturated rings. The Morgan fingerprint density at radius 1 is 0.533 bits per heavy atom. The highest BCUT2D eigenvalue weighted by molar-refractivity contribution is 4.09. The van der Waals surface area contributed by atoms with Gasteiger partial charge in [0.15, 0.2) is 0 Å². The van der Waals surface area contributed by atoms with E-state index in [1.54, 1.807) is 0 Å². The van der Waals surface area contributed by atoms with E-state index < -0.39 is 0 Å². The van der Waals surface area contributed by atoms with E-state index in [1.807, 2.05) is 39.9 Å². The highest BCUT2D eigenvalue weighted by atomic mass is 15.0. The van der Waals surface area contributed by atoms with Crippen molar-refractivity contribution in [1.29, 1.82) is 0 Å². The summed E-state index contributed by atoms with van der Waals surface area (Å²) in [5.74, 6) is 0. The Morgan fingerprint density at radius 2 is 0.533 bits per heavy atom. The average molecular weight is 221 g/mol. The zero-order valence-corrected chi connectivity index (χ0v) is 13.6. The van der Waals surface area contributed by atoms with Gasteiger partial charge in [0.2, 0.25) is 0 Å². The van der Waals surface area contributed by atoms with Crippen molar-refractivity contribution < 1.29 is 0 Å². The maximum absolute atomic E-state index is 2.12. The molecule has 0 aliphatic rings. The van der Waals surface area contributed by atoms with E-state index in [9.17, 15) is 0 Å². The van der Waals surface area contributed by atoms with Gasteiger partial charge < -0.3 is 4.90 Å². The highest BCUT2D eigenvalue weighted by Gasteiger charge is 1.58. The van der Waals surface area contributed by atoms with Crippen molar-refractivity contribution in [3.8, 4) is 0 Å². The van der Waals surface area contributed by atoms with Gasteiger partial charge >= 0.3 is 0 Å². The summed E-state index contributed by atoms with van der Waals surface area (Å²) >= 11 is 0. The summed E-state index contributed by atoms with van der Waals surface area (Å²) in [6.07, 6.45) is 3.75. The third-order valence-electron chi connectivity index (χ3n) is 0. The molecule has 0 saturated carbocycles. The van der Waals surface area contributed by atoms with Gasteiger partial charge in [-0.25, -0.2) is 0 Å². The van der Waals surface area contributed by atoms with Crippen molar-refractivity contribution in [1.82, 2.24) is 4.90 Å². The van der Waals surface area contributed by atoms with Crippen molar-refractivity contribution in [2.24, 2.45) is 0 Å². The van der Waals surface area contributed by atoms with Crippen LogP contribution in [0.4, 0.5) is 0 Å². The molecule has 1 heteroatoms. The maximum Gasteiger partial charge on any atom is -0.0140 e. The number of hydrogen-bond acceptors (Lipinski definition) is 1. The van der Waals surface area contributed by atoms with Crippen LogP contribution in [0.1, 0.15) is 74.7 Å². The fraction of sp³-hybridized carbons (Fsp3) is 1.00.